The molecule has 2 aromatic rings. The molecule has 142 valence electrons. The fourth-order valence-corrected chi connectivity index (χ4v) is 10.9. The summed E-state index contributed by atoms with van der Waals surface area (Å²) in [5.41, 5.74) is 1.62. The maximum absolute atomic E-state index is 11.7. The Balaban J connectivity index is 1.57. The van der Waals surface area contributed by atoms with Crippen LogP contribution in [0.3, 0.4) is 0 Å². The molecule has 1 N–H and O–H groups in total. The highest BCUT2D eigenvalue weighted by atomic mass is 28.3. The minimum atomic E-state index is -1.56. The molecular formula is C25H32OSi. The first-order valence-corrected chi connectivity index (χ1v) is 14.0. The molecule has 0 aliphatic heterocycles. The van der Waals surface area contributed by atoms with Crippen molar-refractivity contribution in [2.45, 2.75) is 68.7 Å². The van der Waals surface area contributed by atoms with Gasteiger partial charge in [-0.3, -0.25) is 0 Å². The molecule has 0 spiro atoms. The maximum Gasteiger partial charge on any atom is 0.0812 e. The fourth-order valence-electron chi connectivity index (χ4n) is 7.39. The molecule has 0 bridgehead atoms. The maximum atomic E-state index is 11.7. The van der Waals surface area contributed by atoms with Crippen molar-refractivity contribution < 1.29 is 5.11 Å². The summed E-state index contributed by atoms with van der Waals surface area (Å²) in [5, 5.41) is 13.3. The van der Waals surface area contributed by atoms with Gasteiger partial charge in [-0.1, -0.05) is 91.8 Å². The molecule has 0 unspecified atom stereocenters. The van der Waals surface area contributed by atoms with Gasteiger partial charge in [-0.15, -0.1) is 0 Å². The first kappa shape index (κ1) is 17.7. The van der Waals surface area contributed by atoms with E-state index in [9.17, 15) is 5.11 Å². The lowest BCUT2D eigenvalue weighted by molar-refractivity contribution is -0.0481. The smallest absolute Gasteiger partial charge is 0.0812 e. The second-order valence-corrected chi connectivity index (χ2v) is 15.0. The van der Waals surface area contributed by atoms with Gasteiger partial charge in [0.05, 0.1) is 13.7 Å². The van der Waals surface area contributed by atoms with Gasteiger partial charge in [0.2, 0.25) is 0 Å². The molecule has 27 heavy (non-hydrogen) atoms. The molecule has 3 aliphatic rings. The van der Waals surface area contributed by atoms with E-state index >= 15 is 0 Å². The van der Waals surface area contributed by atoms with E-state index in [1.54, 1.807) is 5.19 Å². The molecule has 0 heterocycles. The molecular weight excluding hydrogens is 344 g/mol. The third-order valence-corrected chi connectivity index (χ3v) is 11.8. The van der Waals surface area contributed by atoms with Crippen LogP contribution in [0.2, 0.25) is 19.1 Å². The number of rotatable bonds is 4. The van der Waals surface area contributed by atoms with Crippen LogP contribution in [0.15, 0.2) is 60.7 Å². The summed E-state index contributed by atoms with van der Waals surface area (Å²) in [6, 6.07) is 23.7. The van der Waals surface area contributed by atoms with Gasteiger partial charge in [-0.2, -0.15) is 0 Å². The van der Waals surface area contributed by atoms with E-state index in [0.717, 1.165) is 12.8 Å². The molecule has 0 radical (unpaired) electrons. The monoisotopic (exact) mass is 376 g/mol. The van der Waals surface area contributed by atoms with Gasteiger partial charge in [0.25, 0.3) is 0 Å². The third-order valence-electron chi connectivity index (χ3n) is 8.30. The summed E-state index contributed by atoms with van der Waals surface area (Å²) in [7, 11) is -1.56. The van der Waals surface area contributed by atoms with Crippen LogP contribution in [0, 0.1) is 11.3 Å². The normalized spacial score (nSPS) is 37.5. The Morgan fingerprint density at radius 2 is 1.59 bits per heavy atom. The molecule has 3 aliphatic carbocycles. The van der Waals surface area contributed by atoms with Crippen molar-refractivity contribution in [3.63, 3.8) is 0 Å². The molecule has 4 atom stereocenters. The van der Waals surface area contributed by atoms with E-state index in [4.69, 9.17) is 0 Å². The van der Waals surface area contributed by atoms with Crippen molar-refractivity contribution in [2.24, 2.45) is 11.3 Å². The van der Waals surface area contributed by atoms with Crippen LogP contribution >= 0.6 is 0 Å². The lowest BCUT2D eigenvalue weighted by Gasteiger charge is -2.40. The average Bonchev–Trinajstić information content (AvgIpc) is 3.23. The van der Waals surface area contributed by atoms with Crippen LogP contribution in [-0.2, 0) is 5.41 Å². The van der Waals surface area contributed by atoms with Crippen molar-refractivity contribution in [3.05, 3.63) is 66.2 Å². The van der Waals surface area contributed by atoms with E-state index in [0.29, 0.717) is 11.3 Å². The Hall–Kier alpha value is -1.38. The van der Waals surface area contributed by atoms with E-state index in [2.05, 4.69) is 73.8 Å². The second kappa shape index (κ2) is 5.81. The van der Waals surface area contributed by atoms with Crippen LogP contribution < -0.4 is 5.19 Å². The summed E-state index contributed by atoms with van der Waals surface area (Å²) < 4.78 is 0. The number of hydrogen-bond acceptors (Lipinski definition) is 1. The predicted octanol–water partition coefficient (Wildman–Crippen LogP) is 5.26. The van der Waals surface area contributed by atoms with E-state index in [-0.39, 0.29) is 5.41 Å². The minimum Gasteiger partial charge on any atom is -0.390 e. The highest BCUT2D eigenvalue weighted by Crippen LogP contribution is 2.82. The van der Waals surface area contributed by atoms with Gasteiger partial charge < -0.3 is 5.11 Å². The van der Waals surface area contributed by atoms with Gasteiger partial charge in [0.15, 0.2) is 0 Å². The zero-order valence-corrected chi connectivity index (χ0v) is 17.7. The molecule has 3 saturated carbocycles. The number of hydrogen-bond donors (Lipinski definition) is 1. The quantitative estimate of drug-likeness (QED) is 0.722. The topological polar surface area (TPSA) is 20.2 Å². The van der Waals surface area contributed by atoms with Gasteiger partial charge in [-0.25, -0.2) is 0 Å². The molecule has 1 nitrogen and oxygen atoms in total. The summed E-state index contributed by atoms with van der Waals surface area (Å²) in [6.07, 6.45) is 7.04. The molecule has 5 rings (SSSR count). The molecule has 0 amide bonds. The van der Waals surface area contributed by atoms with Crippen LogP contribution in [-0.4, -0.2) is 18.8 Å². The highest BCUT2D eigenvalue weighted by molar-refractivity contribution is 6.90. The lowest BCUT2D eigenvalue weighted by Crippen LogP contribution is -2.44. The van der Waals surface area contributed by atoms with Crippen LogP contribution in [0.5, 0.6) is 0 Å². The van der Waals surface area contributed by atoms with Crippen LogP contribution in [0.25, 0.3) is 0 Å². The molecule has 3 fully saturated rings. The predicted molar refractivity (Wildman–Crippen MR) is 115 cm³/mol. The van der Waals surface area contributed by atoms with Gasteiger partial charge in [-0.05, 0) is 48.6 Å². The molecule has 2 heteroatoms. The number of benzene rings is 2. The first-order chi connectivity index (χ1) is 12.9. The van der Waals surface area contributed by atoms with Crippen molar-refractivity contribution in [2.75, 3.05) is 0 Å². The van der Waals surface area contributed by atoms with E-state index in [1.807, 2.05) is 0 Å². The Labute approximate surface area is 164 Å². The van der Waals surface area contributed by atoms with Gasteiger partial charge >= 0.3 is 0 Å². The number of fused-ring (bicyclic) bond motifs is 3. The Morgan fingerprint density at radius 1 is 0.926 bits per heavy atom. The summed E-state index contributed by atoms with van der Waals surface area (Å²) in [6.45, 7) is 5.08. The summed E-state index contributed by atoms with van der Waals surface area (Å²) in [4.78, 5) is 0. The molecule has 2 aromatic carbocycles. The minimum absolute atomic E-state index is 0.225. The second-order valence-electron chi connectivity index (χ2n) is 10.3. The summed E-state index contributed by atoms with van der Waals surface area (Å²) in [5.74, 6) is 0.460. The average molecular weight is 377 g/mol. The first-order valence-electron chi connectivity index (χ1n) is 10.8. The molecule has 0 saturated heterocycles. The highest BCUT2D eigenvalue weighted by Gasteiger charge is 2.80. The standard InChI is InChI=1S/C25H32OSi/c1-27(2,21-13-7-4-8-14-21)19-23-17-24(26)16-10-9-15-22(24)25(23,18-23)20-11-5-3-6-12-20/h3-8,11-14,22,26H,9-10,15-19H2,1-2H3/t22-,23+,24+,25-/m1/s1. The van der Waals surface area contributed by atoms with E-state index < -0.39 is 13.7 Å². The van der Waals surface area contributed by atoms with Crippen LogP contribution in [0.1, 0.15) is 44.1 Å². The van der Waals surface area contributed by atoms with Crippen LogP contribution in [0.4, 0.5) is 0 Å². The fraction of sp³-hybridized carbons (Fsp3) is 0.520. The van der Waals surface area contributed by atoms with E-state index in [1.165, 1.54) is 37.3 Å². The Bertz CT molecular complexity index is 832. The SMILES string of the molecule is C[Si](C)(C[C@@]12C[C@@]3(O)CCCC[C@H]3[C@]1(c1ccccc1)C2)c1ccccc1. The lowest BCUT2D eigenvalue weighted by atomic mass is 9.69. The van der Waals surface area contributed by atoms with Crippen molar-refractivity contribution in [1.82, 2.24) is 0 Å². The molecule has 0 aromatic heterocycles. The van der Waals surface area contributed by atoms with Crippen molar-refractivity contribution >= 4 is 13.3 Å². The summed E-state index contributed by atoms with van der Waals surface area (Å²) >= 11 is 0. The van der Waals surface area contributed by atoms with Gasteiger partial charge in [0.1, 0.15) is 0 Å². The zero-order chi connectivity index (χ0) is 18.8. The van der Waals surface area contributed by atoms with Crippen molar-refractivity contribution in [3.8, 4) is 0 Å². The Kier molecular flexibility index (Phi) is 3.81. The van der Waals surface area contributed by atoms with Gasteiger partial charge in [0, 0.05) is 5.41 Å². The third kappa shape index (κ3) is 2.46. The largest absolute Gasteiger partial charge is 0.390 e. The zero-order valence-electron chi connectivity index (χ0n) is 16.7. The number of aliphatic hydroxyl groups is 1. The Morgan fingerprint density at radius 3 is 2.30 bits per heavy atom. The van der Waals surface area contributed by atoms with Crippen molar-refractivity contribution in [1.29, 1.82) is 0 Å².